The third kappa shape index (κ3) is 5.52. The van der Waals surface area contributed by atoms with Crippen LogP contribution in [-0.4, -0.2) is 61.8 Å². The molecule has 7 heteroatoms. The zero-order valence-electron chi connectivity index (χ0n) is 11.3. The fourth-order valence-electron chi connectivity index (χ4n) is 2.29. The summed E-state index contributed by atoms with van der Waals surface area (Å²) in [5.41, 5.74) is 1.10. The van der Waals surface area contributed by atoms with Crippen molar-refractivity contribution in [1.82, 2.24) is 15.1 Å². The van der Waals surface area contributed by atoms with Gasteiger partial charge in [-0.05, 0) is 6.07 Å². The Labute approximate surface area is 116 Å². The van der Waals surface area contributed by atoms with Crippen LogP contribution in [0.15, 0.2) is 23.0 Å². The molecule has 20 heavy (non-hydrogen) atoms. The highest BCUT2D eigenvalue weighted by molar-refractivity contribution is 5.04. The number of hydrogen-bond donors (Lipinski definition) is 1. The lowest BCUT2D eigenvalue weighted by molar-refractivity contribution is -0.149. The Morgan fingerprint density at radius 3 is 2.45 bits per heavy atom. The van der Waals surface area contributed by atoms with E-state index in [1.165, 1.54) is 4.90 Å². The van der Waals surface area contributed by atoms with Gasteiger partial charge in [0.05, 0.1) is 19.1 Å². The minimum atomic E-state index is -4.09. The van der Waals surface area contributed by atoms with E-state index in [4.69, 9.17) is 4.42 Å². The van der Waals surface area contributed by atoms with Gasteiger partial charge in [-0.15, -0.1) is 0 Å². The van der Waals surface area contributed by atoms with Crippen molar-refractivity contribution < 1.29 is 17.6 Å². The van der Waals surface area contributed by atoms with Crippen molar-refractivity contribution in [3.8, 4) is 0 Å². The van der Waals surface area contributed by atoms with E-state index in [-0.39, 0.29) is 0 Å². The molecule has 2 rings (SSSR count). The van der Waals surface area contributed by atoms with E-state index in [1.807, 2.05) is 6.07 Å². The predicted octanol–water partition coefficient (Wildman–Crippen LogP) is 1.55. The average Bonchev–Trinajstić information content (AvgIpc) is 2.88. The fourth-order valence-corrected chi connectivity index (χ4v) is 2.29. The van der Waals surface area contributed by atoms with Gasteiger partial charge in [-0.1, -0.05) is 0 Å². The van der Waals surface area contributed by atoms with E-state index in [2.05, 4.69) is 10.2 Å². The smallest absolute Gasteiger partial charge is 0.401 e. The third-order valence-electron chi connectivity index (χ3n) is 3.38. The number of alkyl halides is 3. The van der Waals surface area contributed by atoms with Gasteiger partial charge in [0.2, 0.25) is 0 Å². The predicted molar refractivity (Wildman–Crippen MR) is 69.3 cm³/mol. The summed E-state index contributed by atoms with van der Waals surface area (Å²) in [7, 11) is 0. The summed E-state index contributed by atoms with van der Waals surface area (Å²) in [6, 6.07) is 1.91. The van der Waals surface area contributed by atoms with Gasteiger partial charge in [0.1, 0.15) is 0 Å². The highest BCUT2D eigenvalue weighted by Gasteiger charge is 2.31. The first kappa shape index (κ1) is 15.3. The summed E-state index contributed by atoms with van der Waals surface area (Å²) in [5.74, 6) is 0. The molecule has 1 saturated heterocycles. The van der Waals surface area contributed by atoms with Crippen molar-refractivity contribution in [3.63, 3.8) is 0 Å². The van der Waals surface area contributed by atoms with Gasteiger partial charge in [-0.3, -0.25) is 9.80 Å². The molecule has 0 bridgehead atoms. The first-order chi connectivity index (χ1) is 9.53. The minimum absolute atomic E-state index is 0.487. The molecule has 1 aliphatic rings. The Hall–Kier alpha value is -1.05. The van der Waals surface area contributed by atoms with Crippen molar-refractivity contribution >= 4 is 0 Å². The molecule has 0 atom stereocenters. The maximum absolute atomic E-state index is 12.2. The lowest BCUT2D eigenvalue weighted by Gasteiger charge is -2.34. The maximum atomic E-state index is 12.2. The van der Waals surface area contributed by atoms with Gasteiger partial charge in [0, 0.05) is 51.4 Å². The second-order valence-corrected chi connectivity index (χ2v) is 5.04. The molecule has 0 spiro atoms. The van der Waals surface area contributed by atoms with E-state index in [9.17, 15) is 13.2 Å². The largest absolute Gasteiger partial charge is 0.472 e. The van der Waals surface area contributed by atoms with Gasteiger partial charge in [-0.25, -0.2) is 0 Å². The second kappa shape index (κ2) is 7.10. The molecule has 114 valence electrons. The van der Waals surface area contributed by atoms with Gasteiger partial charge in [0.25, 0.3) is 0 Å². The van der Waals surface area contributed by atoms with Crippen LogP contribution in [0.25, 0.3) is 0 Å². The molecule has 1 aromatic rings. The molecule has 0 radical (unpaired) electrons. The second-order valence-electron chi connectivity index (χ2n) is 5.04. The van der Waals surface area contributed by atoms with Gasteiger partial charge in [-0.2, -0.15) is 13.2 Å². The van der Waals surface area contributed by atoms with E-state index in [0.29, 0.717) is 26.2 Å². The van der Waals surface area contributed by atoms with Crippen molar-refractivity contribution in [1.29, 1.82) is 0 Å². The van der Waals surface area contributed by atoms with Crippen molar-refractivity contribution in [2.45, 2.75) is 12.7 Å². The lowest BCUT2D eigenvalue weighted by Crippen LogP contribution is -2.50. The topological polar surface area (TPSA) is 31.6 Å². The summed E-state index contributed by atoms with van der Waals surface area (Å²) >= 11 is 0. The zero-order chi connectivity index (χ0) is 14.4. The quantitative estimate of drug-likeness (QED) is 0.806. The lowest BCUT2D eigenvalue weighted by atomic mass is 10.3. The Morgan fingerprint density at radius 2 is 1.85 bits per heavy atom. The number of nitrogens with one attached hydrogen (secondary N) is 1. The average molecular weight is 291 g/mol. The van der Waals surface area contributed by atoms with Crippen LogP contribution >= 0.6 is 0 Å². The molecule has 0 aromatic carbocycles. The molecular weight excluding hydrogens is 271 g/mol. The Kier molecular flexibility index (Phi) is 5.45. The molecule has 0 amide bonds. The first-order valence-corrected chi connectivity index (χ1v) is 6.76. The summed E-state index contributed by atoms with van der Waals surface area (Å²) in [4.78, 5) is 3.66. The minimum Gasteiger partial charge on any atom is -0.472 e. The van der Waals surface area contributed by atoms with E-state index in [0.717, 1.165) is 25.2 Å². The van der Waals surface area contributed by atoms with Crippen LogP contribution in [0.5, 0.6) is 0 Å². The molecule has 2 heterocycles. The van der Waals surface area contributed by atoms with Crippen molar-refractivity contribution in [3.05, 3.63) is 24.2 Å². The number of furan rings is 1. The summed E-state index contributed by atoms with van der Waals surface area (Å²) in [5, 5.41) is 3.29. The highest BCUT2D eigenvalue weighted by Crippen LogP contribution is 2.17. The molecule has 1 fully saturated rings. The van der Waals surface area contributed by atoms with E-state index < -0.39 is 12.7 Å². The van der Waals surface area contributed by atoms with Crippen LogP contribution in [0.2, 0.25) is 0 Å². The normalized spacial score (nSPS) is 18.6. The SMILES string of the molecule is FC(F)(F)CN1CCN(CCNCc2ccoc2)CC1. The first-order valence-electron chi connectivity index (χ1n) is 6.76. The highest BCUT2D eigenvalue weighted by atomic mass is 19.4. The standard InChI is InChI=1S/C13H20F3N3O/c14-13(15,16)11-19-6-4-18(5-7-19)3-2-17-9-12-1-8-20-10-12/h1,8,10,17H,2-7,9,11H2. The van der Waals surface area contributed by atoms with Crippen LogP contribution in [0.1, 0.15) is 5.56 Å². The molecule has 1 N–H and O–H groups in total. The Balaban J connectivity index is 1.55. The van der Waals surface area contributed by atoms with Gasteiger partial charge < -0.3 is 9.73 Å². The van der Waals surface area contributed by atoms with Crippen molar-refractivity contribution in [2.24, 2.45) is 0 Å². The molecule has 0 aliphatic carbocycles. The van der Waals surface area contributed by atoms with E-state index >= 15 is 0 Å². The van der Waals surface area contributed by atoms with Crippen LogP contribution in [0, 0.1) is 0 Å². The number of halogens is 3. The number of nitrogens with zero attached hydrogens (tertiary/aromatic N) is 2. The van der Waals surface area contributed by atoms with Crippen LogP contribution in [-0.2, 0) is 6.54 Å². The Bertz CT molecular complexity index is 373. The molecular formula is C13H20F3N3O. The summed E-state index contributed by atoms with van der Waals surface area (Å²) < 4.78 is 41.7. The van der Waals surface area contributed by atoms with E-state index in [1.54, 1.807) is 12.5 Å². The van der Waals surface area contributed by atoms with Crippen molar-refractivity contribution in [2.75, 3.05) is 45.8 Å². The van der Waals surface area contributed by atoms with Gasteiger partial charge >= 0.3 is 6.18 Å². The van der Waals surface area contributed by atoms with Crippen LogP contribution in [0.4, 0.5) is 13.2 Å². The molecule has 4 nitrogen and oxygen atoms in total. The Morgan fingerprint density at radius 1 is 1.15 bits per heavy atom. The number of piperazine rings is 1. The van der Waals surface area contributed by atoms with Crippen LogP contribution in [0.3, 0.4) is 0 Å². The summed E-state index contributed by atoms with van der Waals surface area (Å²) in [6.07, 6.45) is -0.756. The molecule has 0 saturated carbocycles. The zero-order valence-corrected chi connectivity index (χ0v) is 11.3. The third-order valence-corrected chi connectivity index (χ3v) is 3.38. The van der Waals surface area contributed by atoms with Gasteiger partial charge in [0.15, 0.2) is 0 Å². The fraction of sp³-hybridized carbons (Fsp3) is 0.692. The summed E-state index contributed by atoms with van der Waals surface area (Å²) in [6.45, 7) is 4.02. The maximum Gasteiger partial charge on any atom is 0.401 e. The molecule has 1 aliphatic heterocycles. The van der Waals surface area contributed by atoms with Crippen LogP contribution < -0.4 is 5.32 Å². The monoisotopic (exact) mass is 291 g/mol. The molecule has 1 aromatic heterocycles. The number of hydrogen-bond acceptors (Lipinski definition) is 4. The number of rotatable bonds is 6. The molecule has 0 unspecified atom stereocenters.